The Kier molecular flexibility index (Phi) is 5.42. The fourth-order valence-electron chi connectivity index (χ4n) is 2.36. The topological polar surface area (TPSA) is 44.8 Å². The van der Waals surface area contributed by atoms with E-state index in [2.05, 4.69) is 0 Å². The Balaban J connectivity index is 2.22. The second-order valence-corrected chi connectivity index (χ2v) is 4.79. The SMILES string of the molecule is COc1ccc(C(=O)CCc2ccccc2)c(OC)c1OC. The summed E-state index contributed by atoms with van der Waals surface area (Å²) in [6.07, 6.45) is 1.10. The van der Waals surface area contributed by atoms with Gasteiger partial charge in [-0.25, -0.2) is 0 Å². The summed E-state index contributed by atoms with van der Waals surface area (Å²) in [4.78, 5) is 12.5. The van der Waals surface area contributed by atoms with Crippen LogP contribution in [0.2, 0.25) is 0 Å². The normalized spacial score (nSPS) is 10.1. The predicted octanol–water partition coefficient (Wildman–Crippen LogP) is 3.53. The minimum absolute atomic E-state index is 0.0154. The first-order valence-corrected chi connectivity index (χ1v) is 7.07. The Morgan fingerprint density at radius 2 is 1.55 bits per heavy atom. The summed E-state index contributed by atoms with van der Waals surface area (Å²) in [6, 6.07) is 13.4. The zero-order chi connectivity index (χ0) is 15.9. The van der Waals surface area contributed by atoms with Gasteiger partial charge >= 0.3 is 0 Å². The highest BCUT2D eigenvalue weighted by atomic mass is 16.5. The number of benzene rings is 2. The molecule has 0 aliphatic carbocycles. The standard InChI is InChI=1S/C18H20O4/c1-20-16-12-10-14(17(21-2)18(16)22-3)15(19)11-9-13-7-5-4-6-8-13/h4-8,10,12H,9,11H2,1-3H3. The van der Waals surface area contributed by atoms with E-state index in [1.54, 1.807) is 19.2 Å². The van der Waals surface area contributed by atoms with E-state index in [4.69, 9.17) is 14.2 Å². The molecule has 2 rings (SSSR count). The van der Waals surface area contributed by atoms with Gasteiger partial charge in [0.2, 0.25) is 5.75 Å². The molecular formula is C18H20O4. The lowest BCUT2D eigenvalue weighted by atomic mass is 10.0. The van der Waals surface area contributed by atoms with Crippen molar-refractivity contribution >= 4 is 5.78 Å². The van der Waals surface area contributed by atoms with E-state index in [0.717, 1.165) is 5.56 Å². The van der Waals surface area contributed by atoms with Crippen LogP contribution in [0.1, 0.15) is 22.3 Å². The molecule has 0 saturated heterocycles. The first-order chi connectivity index (χ1) is 10.7. The average Bonchev–Trinajstić information content (AvgIpc) is 2.58. The van der Waals surface area contributed by atoms with Gasteiger partial charge < -0.3 is 14.2 Å². The molecule has 0 aliphatic heterocycles. The highest BCUT2D eigenvalue weighted by molar-refractivity contribution is 6.00. The van der Waals surface area contributed by atoms with Crippen molar-refractivity contribution in [3.05, 3.63) is 53.6 Å². The molecule has 0 fully saturated rings. The molecule has 116 valence electrons. The number of methoxy groups -OCH3 is 3. The van der Waals surface area contributed by atoms with Gasteiger partial charge in [-0.3, -0.25) is 4.79 Å². The van der Waals surface area contributed by atoms with Crippen LogP contribution in [0.15, 0.2) is 42.5 Å². The van der Waals surface area contributed by atoms with E-state index in [0.29, 0.717) is 35.7 Å². The monoisotopic (exact) mass is 300 g/mol. The molecular weight excluding hydrogens is 280 g/mol. The summed E-state index contributed by atoms with van der Waals surface area (Å²) in [5.41, 5.74) is 1.64. The maximum absolute atomic E-state index is 12.5. The van der Waals surface area contributed by atoms with Gasteiger partial charge in [-0.1, -0.05) is 30.3 Å². The summed E-state index contributed by atoms with van der Waals surface area (Å²) in [7, 11) is 4.60. The lowest BCUT2D eigenvalue weighted by Crippen LogP contribution is -2.06. The Labute approximate surface area is 130 Å². The van der Waals surface area contributed by atoms with Crippen molar-refractivity contribution in [1.29, 1.82) is 0 Å². The average molecular weight is 300 g/mol. The molecule has 0 saturated carbocycles. The largest absolute Gasteiger partial charge is 0.493 e. The number of aryl methyl sites for hydroxylation is 1. The maximum atomic E-state index is 12.5. The summed E-state index contributed by atoms with van der Waals surface area (Å²) in [5.74, 6) is 1.41. The number of carbonyl (C=O) groups is 1. The highest BCUT2D eigenvalue weighted by Gasteiger charge is 2.20. The van der Waals surface area contributed by atoms with Gasteiger partial charge in [-0.2, -0.15) is 0 Å². The second kappa shape index (κ2) is 7.50. The van der Waals surface area contributed by atoms with Crippen LogP contribution >= 0.6 is 0 Å². The third kappa shape index (κ3) is 3.39. The number of carbonyl (C=O) groups excluding carboxylic acids is 1. The summed E-state index contributed by atoms with van der Waals surface area (Å²) < 4.78 is 15.9. The van der Waals surface area contributed by atoms with Crippen molar-refractivity contribution in [1.82, 2.24) is 0 Å². The van der Waals surface area contributed by atoms with Gasteiger partial charge in [0.15, 0.2) is 17.3 Å². The van der Waals surface area contributed by atoms with Crippen molar-refractivity contribution in [2.24, 2.45) is 0 Å². The molecule has 0 spiro atoms. The van der Waals surface area contributed by atoms with Crippen molar-refractivity contribution in [2.45, 2.75) is 12.8 Å². The Morgan fingerprint density at radius 1 is 0.864 bits per heavy atom. The van der Waals surface area contributed by atoms with Crippen molar-refractivity contribution < 1.29 is 19.0 Å². The van der Waals surface area contributed by atoms with Crippen molar-refractivity contribution in [3.8, 4) is 17.2 Å². The molecule has 22 heavy (non-hydrogen) atoms. The van der Waals surface area contributed by atoms with Gasteiger partial charge in [0.25, 0.3) is 0 Å². The van der Waals surface area contributed by atoms with Gasteiger partial charge in [-0.05, 0) is 24.1 Å². The first-order valence-electron chi connectivity index (χ1n) is 7.07. The fourth-order valence-corrected chi connectivity index (χ4v) is 2.36. The molecule has 0 aromatic heterocycles. The van der Waals surface area contributed by atoms with E-state index < -0.39 is 0 Å². The molecule has 4 heteroatoms. The smallest absolute Gasteiger partial charge is 0.204 e. The fraction of sp³-hybridized carbons (Fsp3) is 0.278. The molecule has 4 nitrogen and oxygen atoms in total. The van der Waals surface area contributed by atoms with Crippen LogP contribution in [0, 0.1) is 0 Å². The molecule has 0 unspecified atom stereocenters. The molecule has 0 atom stereocenters. The van der Waals surface area contributed by atoms with Gasteiger partial charge in [0, 0.05) is 6.42 Å². The van der Waals surface area contributed by atoms with Gasteiger partial charge in [0.1, 0.15) is 0 Å². The van der Waals surface area contributed by atoms with Crippen LogP contribution in [0.5, 0.6) is 17.2 Å². The molecule has 2 aromatic rings. The van der Waals surface area contributed by atoms with E-state index in [1.807, 2.05) is 30.3 Å². The number of rotatable bonds is 7. The molecule has 0 N–H and O–H groups in total. The Hall–Kier alpha value is -2.49. The lowest BCUT2D eigenvalue weighted by molar-refractivity contribution is 0.0979. The minimum atomic E-state index is 0.0154. The maximum Gasteiger partial charge on any atom is 0.204 e. The van der Waals surface area contributed by atoms with Crippen LogP contribution < -0.4 is 14.2 Å². The third-order valence-electron chi connectivity index (χ3n) is 3.49. The lowest BCUT2D eigenvalue weighted by Gasteiger charge is -2.15. The van der Waals surface area contributed by atoms with Crippen LogP contribution in [0.3, 0.4) is 0 Å². The zero-order valence-electron chi connectivity index (χ0n) is 13.1. The molecule has 0 aliphatic rings. The Bertz CT molecular complexity index is 635. The van der Waals surface area contributed by atoms with Crippen LogP contribution in [0.25, 0.3) is 0 Å². The number of ketones is 1. The van der Waals surface area contributed by atoms with E-state index in [9.17, 15) is 4.79 Å². The van der Waals surface area contributed by atoms with Crippen molar-refractivity contribution in [2.75, 3.05) is 21.3 Å². The highest BCUT2D eigenvalue weighted by Crippen LogP contribution is 2.40. The van der Waals surface area contributed by atoms with E-state index in [-0.39, 0.29) is 5.78 Å². The summed E-state index contributed by atoms with van der Waals surface area (Å²) >= 11 is 0. The number of hydrogen-bond donors (Lipinski definition) is 0. The molecule has 0 amide bonds. The van der Waals surface area contributed by atoms with E-state index in [1.165, 1.54) is 14.2 Å². The summed E-state index contributed by atoms with van der Waals surface area (Å²) in [6.45, 7) is 0. The first kappa shape index (κ1) is 15.9. The predicted molar refractivity (Wildman–Crippen MR) is 85.2 cm³/mol. The number of ether oxygens (including phenoxy) is 3. The third-order valence-corrected chi connectivity index (χ3v) is 3.49. The van der Waals surface area contributed by atoms with Crippen LogP contribution in [-0.2, 0) is 6.42 Å². The number of Topliss-reactive ketones (excluding diaryl/α,β-unsaturated/α-hetero) is 1. The van der Waals surface area contributed by atoms with Crippen LogP contribution in [-0.4, -0.2) is 27.1 Å². The molecule has 0 bridgehead atoms. The minimum Gasteiger partial charge on any atom is -0.493 e. The van der Waals surface area contributed by atoms with Crippen LogP contribution in [0.4, 0.5) is 0 Å². The Morgan fingerprint density at radius 3 is 2.14 bits per heavy atom. The summed E-state index contributed by atoms with van der Waals surface area (Å²) in [5, 5.41) is 0. The second-order valence-electron chi connectivity index (χ2n) is 4.79. The zero-order valence-corrected chi connectivity index (χ0v) is 13.1. The number of hydrogen-bond acceptors (Lipinski definition) is 4. The van der Waals surface area contributed by atoms with E-state index >= 15 is 0 Å². The molecule has 0 heterocycles. The van der Waals surface area contributed by atoms with Crippen molar-refractivity contribution in [3.63, 3.8) is 0 Å². The molecule has 2 aromatic carbocycles. The molecule has 0 radical (unpaired) electrons. The quantitative estimate of drug-likeness (QED) is 0.734. The van der Waals surface area contributed by atoms with Gasteiger partial charge in [0.05, 0.1) is 26.9 Å². The van der Waals surface area contributed by atoms with Gasteiger partial charge in [-0.15, -0.1) is 0 Å².